The van der Waals surface area contributed by atoms with Gasteiger partial charge >= 0.3 is 0 Å². The van der Waals surface area contributed by atoms with Crippen molar-refractivity contribution >= 4 is 28.6 Å². The standard InChI is InChI=1S/C25H25N7O3/c1-5-10-16-14-35-24-18(16)25(34)32(17-11-8-7-9-12-17)21(29-24)15(3)28-23(33)19-20(26)30-31(4)22(19)27-13-6-2/h6-9,11-12,14-15,27H,2,13H2,1,3-4H3,(H2,26,30)(H,28,33). The molecule has 0 aliphatic carbocycles. The maximum Gasteiger partial charge on any atom is 0.270 e. The number of hydrogen-bond acceptors (Lipinski definition) is 7. The van der Waals surface area contributed by atoms with Gasteiger partial charge in [0.2, 0.25) is 5.71 Å². The van der Waals surface area contributed by atoms with E-state index in [2.05, 4.69) is 39.1 Å². The highest BCUT2D eigenvalue weighted by molar-refractivity contribution is 6.03. The van der Waals surface area contributed by atoms with Gasteiger partial charge in [-0.2, -0.15) is 10.1 Å². The minimum absolute atomic E-state index is 0.0708. The molecule has 1 aromatic carbocycles. The van der Waals surface area contributed by atoms with Gasteiger partial charge in [-0.05, 0) is 26.0 Å². The molecule has 3 aromatic heterocycles. The van der Waals surface area contributed by atoms with E-state index in [9.17, 15) is 9.59 Å². The molecule has 0 radical (unpaired) electrons. The quantitative estimate of drug-likeness (QED) is 0.279. The summed E-state index contributed by atoms with van der Waals surface area (Å²) in [6, 6.07) is 8.35. The first-order chi connectivity index (χ1) is 16.9. The van der Waals surface area contributed by atoms with E-state index in [1.54, 1.807) is 39.1 Å². The molecule has 0 spiro atoms. The van der Waals surface area contributed by atoms with Crippen molar-refractivity contribution in [1.29, 1.82) is 0 Å². The highest BCUT2D eigenvalue weighted by Crippen LogP contribution is 2.24. The number of fused-ring (bicyclic) bond motifs is 1. The maximum absolute atomic E-state index is 13.6. The Labute approximate surface area is 201 Å². The zero-order valence-corrected chi connectivity index (χ0v) is 19.6. The van der Waals surface area contributed by atoms with E-state index in [0.29, 0.717) is 23.6 Å². The lowest BCUT2D eigenvalue weighted by atomic mass is 10.2. The Bertz CT molecular complexity index is 1530. The molecule has 1 atom stereocenters. The summed E-state index contributed by atoms with van der Waals surface area (Å²) in [6.45, 7) is 7.50. The van der Waals surface area contributed by atoms with E-state index in [1.807, 2.05) is 18.2 Å². The van der Waals surface area contributed by atoms with Crippen molar-refractivity contribution in [2.24, 2.45) is 7.05 Å². The normalized spacial score (nSPS) is 11.5. The number of nitrogen functional groups attached to an aromatic ring is 1. The number of para-hydroxylation sites is 1. The summed E-state index contributed by atoms with van der Waals surface area (Å²) in [5.41, 5.74) is 7.05. The van der Waals surface area contributed by atoms with Crippen LogP contribution in [-0.2, 0) is 7.05 Å². The molecule has 0 saturated carbocycles. The minimum Gasteiger partial charge on any atom is -0.445 e. The summed E-state index contributed by atoms with van der Waals surface area (Å²) in [7, 11) is 1.68. The Balaban J connectivity index is 1.81. The van der Waals surface area contributed by atoms with E-state index < -0.39 is 11.9 Å². The van der Waals surface area contributed by atoms with E-state index >= 15 is 0 Å². The largest absolute Gasteiger partial charge is 0.445 e. The van der Waals surface area contributed by atoms with Gasteiger partial charge < -0.3 is 20.8 Å². The molecule has 0 bridgehead atoms. The van der Waals surface area contributed by atoms with Crippen molar-refractivity contribution in [1.82, 2.24) is 24.6 Å². The summed E-state index contributed by atoms with van der Waals surface area (Å²) >= 11 is 0. The van der Waals surface area contributed by atoms with Crippen molar-refractivity contribution in [2.45, 2.75) is 19.9 Å². The zero-order chi connectivity index (χ0) is 25.1. The Morgan fingerprint density at radius 2 is 2.09 bits per heavy atom. The van der Waals surface area contributed by atoms with Gasteiger partial charge in [-0.15, -0.1) is 12.5 Å². The third-order valence-corrected chi connectivity index (χ3v) is 5.36. The molecule has 10 heteroatoms. The monoisotopic (exact) mass is 471 g/mol. The van der Waals surface area contributed by atoms with Gasteiger partial charge in [0.15, 0.2) is 5.82 Å². The van der Waals surface area contributed by atoms with Crippen molar-refractivity contribution in [3.8, 4) is 17.5 Å². The second-order valence-electron chi connectivity index (χ2n) is 7.75. The average Bonchev–Trinajstić information content (AvgIpc) is 3.37. The fraction of sp³-hybridized carbons (Fsp3) is 0.200. The Morgan fingerprint density at radius 1 is 1.34 bits per heavy atom. The third-order valence-electron chi connectivity index (χ3n) is 5.36. The number of furan rings is 1. The van der Waals surface area contributed by atoms with Crippen molar-refractivity contribution in [3.05, 3.63) is 76.6 Å². The number of aromatic nitrogens is 4. The smallest absolute Gasteiger partial charge is 0.270 e. The number of nitrogens with one attached hydrogen (secondary N) is 2. The lowest BCUT2D eigenvalue weighted by molar-refractivity contribution is 0.0939. The van der Waals surface area contributed by atoms with Gasteiger partial charge in [0.05, 0.1) is 17.3 Å². The molecule has 0 aliphatic heterocycles. The Morgan fingerprint density at radius 3 is 2.77 bits per heavy atom. The molecular weight excluding hydrogens is 446 g/mol. The van der Waals surface area contributed by atoms with Crippen LogP contribution in [0, 0.1) is 11.8 Å². The predicted molar refractivity (Wildman–Crippen MR) is 134 cm³/mol. The van der Waals surface area contributed by atoms with E-state index in [4.69, 9.17) is 10.2 Å². The number of nitrogens with zero attached hydrogens (tertiary/aromatic N) is 4. The van der Waals surface area contributed by atoms with E-state index in [-0.39, 0.29) is 33.9 Å². The van der Waals surface area contributed by atoms with Crippen LogP contribution >= 0.6 is 0 Å². The summed E-state index contributed by atoms with van der Waals surface area (Å²) in [5.74, 6) is 6.00. The van der Waals surface area contributed by atoms with Crippen LogP contribution in [0.5, 0.6) is 0 Å². The fourth-order valence-electron chi connectivity index (χ4n) is 3.82. The third kappa shape index (κ3) is 4.27. The molecular formula is C25H25N7O3. The molecule has 0 aliphatic rings. The Kier molecular flexibility index (Phi) is 6.42. The molecule has 10 nitrogen and oxygen atoms in total. The summed E-state index contributed by atoms with van der Waals surface area (Å²) in [5, 5.41) is 10.4. The number of nitrogens with two attached hydrogens (primary N) is 1. The van der Waals surface area contributed by atoms with Crippen molar-refractivity contribution in [3.63, 3.8) is 0 Å². The maximum atomic E-state index is 13.6. The molecule has 0 saturated heterocycles. The summed E-state index contributed by atoms with van der Waals surface area (Å²) in [6.07, 6.45) is 3.07. The zero-order valence-electron chi connectivity index (χ0n) is 19.6. The van der Waals surface area contributed by atoms with Crippen LogP contribution in [0.3, 0.4) is 0 Å². The molecule has 178 valence electrons. The second kappa shape index (κ2) is 9.61. The molecule has 4 aromatic rings. The van der Waals surface area contributed by atoms with Crippen LogP contribution < -0.4 is 21.9 Å². The van der Waals surface area contributed by atoms with Gasteiger partial charge in [-0.1, -0.05) is 30.2 Å². The van der Waals surface area contributed by atoms with Gasteiger partial charge in [-0.25, -0.2) is 0 Å². The minimum atomic E-state index is -0.697. The van der Waals surface area contributed by atoms with Gasteiger partial charge in [0, 0.05) is 13.6 Å². The SMILES string of the molecule is C=CCNc1c(C(=O)NC(C)c2nc3occ(C#CC)c3c(=O)n2-c2ccccc2)c(N)nn1C. The highest BCUT2D eigenvalue weighted by Gasteiger charge is 2.26. The Hall–Kier alpha value is -4.78. The summed E-state index contributed by atoms with van der Waals surface area (Å²) in [4.78, 5) is 31.5. The number of benzene rings is 1. The number of carbonyl (C=O) groups is 1. The number of anilines is 2. The molecule has 35 heavy (non-hydrogen) atoms. The summed E-state index contributed by atoms with van der Waals surface area (Å²) < 4.78 is 8.49. The van der Waals surface area contributed by atoms with E-state index in [0.717, 1.165) is 0 Å². The predicted octanol–water partition coefficient (Wildman–Crippen LogP) is 2.75. The van der Waals surface area contributed by atoms with Gasteiger partial charge in [0.1, 0.15) is 28.9 Å². The highest BCUT2D eigenvalue weighted by atomic mass is 16.3. The van der Waals surface area contributed by atoms with Crippen LogP contribution in [0.25, 0.3) is 16.8 Å². The lowest BCUT2D eigenvalue weighted by Crippen LogP contribution is -2.33. The topological polar surface area (TPSA) is 133 Å². The van der Waals surface area contributed by atoms with Gasteiger partial charge in [-0.3, -0.25) is 18.8 Å². The van der Waals surface area contributed by atoms with Crippen molar-refractivity contribution in [2.75, 3.05) is 17.6 Å². The lowest BCUT2D eigenvalue weighted by Gasteiger charge is -2.19. The molecule has 4 N–H and O–H groups in total. The average molecular weight is 472 g/mol. The second-order valence-corrected chi connectivity index (χ2v) is 7.75. The van der Waals surface area contributed by atoms with E-state index in [1.165, 1.54) is 15.5 Å². The number of hydrogen-bond donors (Lipinski definition) is 3. The van der Waals surface area contributed by atoms with Gasteiger partial charge in [0.25, 0.3) is 11.5 Å². The molecule has 3 heterocycles. The number of rotatable bonds is 7. The first kappa shape index (κ1) is 23.4. The van der Waals surface area contributed by atoms with Crippen LogP contribution in [0.2, 0.25) is 0 Å². The van der Waals surface area contributed by atoms with Crippen LogP contribution in [0.1, 0.15) is 41.6 Å². The molecule has 1 unspecified atom stereocenters. The number of carbonyl (C=O) groups excluding carboxylic acids is 1. The molecule has 0 fully saturated rings. The van der Waals surface area contributed by atoms with Crippen molar-refractivity contribution < 1.29 is 9.21 Å². The number of aryl methyl sites for hydroxylation is 1. The van der Waals surface area contributed by atoms with Crippen LogP contribution in [0.4, 0.5) is 11.6 Å². The fourth-order valence-corrected chi connectivity index (χ4v) is 3.82. The first-order valence-corrected chi connectivity index (χ1v) is 10.9. The number of amides is 1. The first-order valence-electron chi connectivity index (χ1n) is 10.9. The molecule has 4 rings (SSSR count). The van der Waals surface area contributed by atoms with Crippen LogP contribution in [-0.4, -0.2) is 31.8 Å². The van der Waals surface area contributed by atoms with Crippen LogP contribution in [0.15, 0.2) is 58.5 Å². The molecule has 1 amide bonds.